The Kier molecular flexibility index (Phi) is 7.69. The van der Waals surface area contributed by atoms with Crippen LogP contribution in [0.25, 0.3) is 0 Å². The number of benzene rings is 4. The quantitative estimate of drug-likeness (QED) is 0.275. The smallest absolute Gasteiger partial charge is 0.123 e. The minimum Gasteiger partial charge on any atom is -0.491 e. The van der Waals surface area contributed by atoms with Crippen LogP contribution in [0.4, 0.5) is 4.39 Å². The number of halogens is 1. The van der Waals surface area contributed by atoms with Crippen LogP contribution >= 0.6 is 7.26 Å². The topological polar surface area (TPSA) is 9.23 Å². The summed E-state index contributed by atoms with van der Waals surface area (Å²) in [6, 6.07) is 40.9. The number of aryl methyl sites for hydroxylation is 1. The SMILES string of the molecule is [18F]CCOc1ccc([P+](CCCc2ccccc2)(c2ccccc2)c2ccccc2)cc1. The van der Waals surface area contributed by atoms with Crippen LogP contribution in [0.2, 0.25) is 0 Å². The van der Waals surface area contributed by atoms with Gasteiger partial charge in [0.25, 0.3) is 0 Å². The van der Waals surface area contributed by atoms with E-state index >= 15 is 0 Å². The zero-order valence-corrected chi connectivity index (χ0v) is 19.1. The first-order valence-electron chi connectivity index (χ1n) is 11.2. The molecule has 0 atom stereocenters. The minimum absolute atomic E-state index is 0.0913. The molecule has 32 heavy (non-hydrogen) atoms. The summed E-state index contributed by atoms with van der Waals surface area (Å²) in [4.78, 5) is 0. The molecule has 0 heterocycles. The molecule has 0 saturated heterocycles. The van der Waals surface area contributed by atoms with E-state index in [9.17, 15) is 4.39 Å². The molecule has 0 fully saturated rings. The molecule has 0 N–H and O–H groups in total. The zero-order chi connectivity index (χ0) is 22.1. The maximum atomic E-state index is 12.5. The van der Waals surface area contributed by atoms with E-state index in [1.165, 1.54) is 21.5 Å². The molecule has 0 aliphatic carbocycles. The monoisotopic (exact) mass is 442 g/mol. The third-order valence-corrected chi connectivity index (χ3v) is 10.3. The van der Waals surface area contributed by atoms with Gasteiger partial charge in [-0.2, -0.15) is 0 Å². The maximum Gasteiger partial charge on any atom is 0.123 e. The predicted molar refractivity (Wildman–Crippen MR) is 136 cm³/mol. The number of ether oxygens (including phenoxy) is 1. The third kappa shape index (κ3) is 5.09. The van der Waals surface area contributed by atoms with Crippen molar-refractivity contribution in [3.63, 3.8) is 0 Å². The van der Waals surface area contributed by atoms with Crippen molar-refractivity contribution in [2.24, 2.45) is 0 Å². The Morgan fingerprint density at radius 3 is 1.62 bits per heavy atom. The fraction of sp³-hybridized carbons (Fsp3) is 0.172. The van der Waals surface area contributed by atoms with Gasteiger partial charge in [-0.3, -0.25) is 0 Å². The largest absolute Gasteiger partial charge is 0.491 e. The second-order valence-electron chi connectivity index (χ2n) is 7.82. The normalized spacial score (nSPS) is 11.3. The molecule has 4 aromatic rings. The zero-order valence-electron chi connectivity index (χ0n) is 18.2. The molecule has 162 valence electrons. The van der Waals surface area contributed by atoms with E-state index in [4.69, 9.17) is 4.74 Å². The molecule has 4 rings (SSSR count). The molecule has 0 aromatic heterocycles. The average molecular weight is 443 g/mol. The second kappa shape index (κ2) is 11.1. The number of hydrogen-bond acceptors (Lipinski definition) is 1. The van der Waals surface area contributed by atoms with Crippen LogP contribution < -0.4 is 20.7 Å². The van der Waals surface area contributed by atoms with Gasteiger partial charge in [0.05, 0.1) is 6.16 Å². The van der Waals surface area contributed by atoms with Crippen molar-refractivity contribution in [1.29, 1.82) is 0 Å². The van der Waals surface area contributed by atoms with Gasteiger partial charge >= 0.3 is 0 Å². The van der Waals surface area contributed by atoms with Gasteiger partial charge in [0.15, 0.2) is 0 Å². The van der Waals surface area contributed by atoms with Crippen LogP contribution in [-0.4, -0.2) is 19.4 Å². The Hall–Kier alpha value is -2.96. The van der Waals surface area contributed by atoms with Crippen molar-refractivity contribution >= 4 is 23.2 Å². The molecule has 0 saturated carbocycles. The van der Waals surface area contributed by atoms with Crippen LogP contribution in [0, 0.1) is 0 Å². The van der Waals surface area contributed by atoms with E-state index < -0.39 is 13.9 Å². The van der Waals surface area contributed by atoms with E-state index in [1.54, 1.807) is 0 Å². The van der Waals surface area contributed by atoms with Crippen molar-refractivity contribution in [3.05, 3.63) is 121 Å². The van der Waals surface area contributed by atoms with E-state index in [0.29, 0.717) is 0 Å². The van der Waals surface area contributed by atoms with Crippen LogP contribution in [0.15, 0.2) is 115 Å². The highest BCUT2D eigenvalue weighted by molar-refractivity contribution is 7.95. The van der Waals surface area contributed by atoms with E-state index in [0.717, 1.165) is 24.8 Å². The van der Waals surface area contributed by atoms with Crippen LogP contribution in [0.5, 0.6) is 5.75 Å². The lowest BCUT2D eigenvalue weighted by molar-refractivity contribution is 0.273. The number of hydrogen-bond donors (Lipinski definition) is 0. The molecule has 3 heteroatoms. The summed E-state index contributed by atoms with van der Waals surface area (Å²) in [6.07, 6.45) is 3.24. The van der Waals surface area contributed by atoms with Crippen molar-refractivity contribution in [3.8, 4) is 5.75 Å². The van der Waals surface area contributed by atoms with Crippen LogP contribution in [0.1, 0.15) is 12.0 Å². The highest BCUT2D eigenvalue weighted by Gasteiger charge is 2.44. The molecule has 0 radical (unpaired) electrons. The van der Waals surface area contributed by atoms with Gasteiger partial charge in [0, 0.05) is 0 Å². The van der Waals surface area contributed by atoms with Crippen LogP contribution in [0.3, 0.4) is 0 Å². The summed E-state index contributed by atoms with van der Waals surface area (Å²) in [7, 11) is -1.87. The molecule has 4 aromatic carbocycles. The molecule has 0 bridgehead atoms. The first kappa shape index (κ1) is 22.2. The number of rotatable bonds is 10. The molecule has 0 aliphatic heterocycles. The van der Waals surface area contributed by atoms with Gasteiger partial charge in [-0.25, -0.2) is 4.39 Å². The molecule has 0 amide bonds. The molecular formula is C29H29FOP+. The summed E-state index contributed by atoms with van der Waals surface area (Å²) in [5, 5.41) is 4.10. The second-order valence-corrected chi connectivity index (χ2v) is 11.4. The summed E-state index contributed by atoms with van der Waals surface area (Å²) in [5.41, 5.74) is 1.38. The lowest BCUT2D eigenvalue weighted by atomic mass is 10.1. The van der Waals surface area contributed by atoms with Gasteiger partial charge in [-0.1, -0.05) is 66.7 Å². The summed E-state index contributed by atoms with van der Waals surface area (Å²) < 4.78 is 18.1. The van der Waals surface area contributed by atoms with Gasteiger partial charge in [0.2, 0.25) is 0 Å². The van der Waals surface area contributed by atoms with E-state index in [-0.39, 0.29) is 6.61 Å². The van der Waals surface area contributed by atoms with Crippen LogP contribution in [-0.2, 0) is 6.42 Å². The van der Waals surface area contributed by atoms with E-state index in [2.05, 4.69) is 103 Å². The maximum absolute atomic E-state index is 12.5. The van der Waals surface area contributed by atoms with Gasteiger partial charge in [-0.15, -0.1) is 0 Å². The first-order valence-corrected chi connectivity index (χ1v) is 13.1. The highest BCUT2D eigenvalue weighted by Crippen LogP contribution is 2.56. The van der Waals surface area contributed by atoms with Crippen molar-refractivity contribution in [1.82, 2.24) is 0 Å². The Labute approximate surface area is 191 Å². The summed E-state index contributed by atoms with van der Waals surface area (Å²) >= 11 is 0. The lowest BCUT2D eigenvalue weighted by Crippen LogP contribution is -2.33. The van der Waals surface area contributed by atoms with Gasteiger partial charge in [0.1, 0.15) is 42.2 Å². The molecule has 0 aliphatic rings. The third-order valence-electron chi connectivity index (χ3n) is 5.82. The predicted octanol–water partition coefficient (Wildman–Crippen LogP) is 5.96. The average Bonchev–Trinajstić information content (AvgIpc) is 2.88. The Balaban J connectivity index is 1.76. The molecule has 0 spiro atoms. The molecular weight excluding hydrogens is 413 g/mol. The Bertz CT molecular complexity index is 1030. The Morgan fingerprint density at radius 2 is 1.09 bits per heavy atom. The number of alkyl halides is 1. The lowest BCUT2D eigenvalue weighted by Gasteiger charge is -2.28. The van der Waals surface area contributed by atoms with E-state index in [1.807, 2.05) is 12.1 Å². The molecule has 0 unspecified atom stereocenters. The van der Waals surface area contributed by atoms with Crippen molar-refractivity contribution in [2.45, 2.75) is 12.8 Å². The van der Waals surface area contributed by atoms with Gasteiger partial charge in [-0.05, 0) is 66.9 Å². The van der Waals surface area contributed by atoms with Crippen molar-refractivity contribution < 1.29 is 9.13 Å². The minimum atomic E-state index is -1.87. The fourth-order valence-electron chi connectivity index (χ4n) is 4.32. The molecule has 1 nitrogen and oxygen atoms in total. The van der Waals surface area contributed by atoms with Crippen molar-refractivity contribution in [2.75, 3.05) is 19.4 Å². The fourth-order valence-corrected chi connectivity index (χ4v) is 8.64. The van der Waals surface area contributed by atoms with Gasteiger partial charge < -0.3 is 4.74 Å². The summed E-state index contributed by atoms with van der Waals surface area (Å²) in [6.45, 7) is -0.389. The first-order chi connectivity index (χ1) is 15.8. The highest BCUT2D eigenvalue weighted by atomic mass is 31.2. The Morgan fingerprint density at radius 1 is 0.594 bits per heavy atom. The summed E-state index contributed by atoms with van der Waals surface area (Å²) in [5.74, 6) is 0.718. The standard InChI is InChI=1S/C29H29FOP/c30-22-23-31-26-18-20-29(21-19-26)32(27-14-6-2-7-15-27,28-16-8-3-9-17-28)24-10-13-25-11-4-1-5-12-25/h1-9,11-12,14-21H,10,13,22-24H2/q+1/i30-1.